The summed E-state index contributed by atoms with van der Waals surface area (Å²) in [6.45, 7) is 12.3. The van der Waals surface area contributed by atoms with Gasteiger partial charge in [-0.25, -0.2) is 9.36 Å². The standard InChI is InChI=1S/C34H34F6O6.C32H26F6N2O6.CO2/c1-7-28(41)24-9-8-20(13-25(24)30(43)44)29(42)16-23-11-18(3)22(15-27(23)32(6,46)34(38,39)40)12-21-14-26(19(4)10-17(21)2)31(5,45)33(35,36)37;1-13-7-15(3)22(29(4,45)31(33,34)35)11-16(13)17-12-23(30(5,46)32(36,37)38)24(8-14(17)2)40-27(43)20-9-18-19(10-21(20)28(40)44)26(42)39(6)25(18)41;2-1-3/h8-11,13-15,45-46H,7,12,16H2,1-6H3,(H,43,44);7-12,45-46H,1-6H3;. The average molecular weight is 1350 g/mol. The number of Topliss-reactive ketones (excluding diaryl/α,β-unsaturated/α-hetero) is 2. The smallest absolute Gasteiger partial charge is 0.421 e. The molecule has 4 unspecified atom stereocenters. The van der Waals surface area contributed by atoms with Crippen molar-refractivity contribution in [2.24, 2.45) is 7.05 Å². The van der Waals surface area contributed by atoms with Crippen LogP contribution >= 0.6 is 0 Å². The second kappa shape index (κ2) is 25.8. The molecule has 0 amide bonds. The Balaban J connectivity index is 0.000000289. The summed E-state index contributed by atoms with van der Waals surface area (Å²) in [6, 6.07) is 14.5. The first-order valence-corrected chi connectivity index (χ1v) is 28.3. The molecular weight excluding hydrogens is 1280 g/mol. The number of carbonyl (C=O) groups excluding carboxylic acids is 4. The first kappa shape index (κ1) is 74.8. The van der Waals surface area contributed by atoms with E-state index in [1.807, 2.05) is 0 Å². The Bertz CT molecular complexity index is 4620. The molecule has 16 nitrogen and oxygen atoms in total. The monoisotopic (exact) mass is 1340 g/mol. The number of aryl methyl sites for hydroxylation is 6. The molecule has 28 heteroatoms. The fourth-order valence-electron chi connectivity index (χ4n) is 11.2. The van der Waals surface area contributed by atoms with Gasteiger partial charge >= 0.3 is 36.8 Å². The van der Waals surface area contributed by atoms with Crippen molar-refractivity contribution in [2.75, 3.05) is 0 Å². The van der Waals surface area contributed by atoms with Gasteiger partial charge in [0.05, 0.1) is 32.8 Å². The van der Waals surface area contributed by atoms with Crippen LogP contribution in [0.25, 0.3) is 38.4 Å². The van der Waals surface area contributed by atoms with Gasteiger partial charge in [-0.05, 0) is 196 Å². The first-order chi connectivity index (χ1) is 43.3. The van der Waals surface area contributed by atoms with Gasteiger partial charge in [0.25, 0.3) is 22.2 Å². The summed E-state index contributed by atoms with van der Waals surface area (Å²) in [7, 11) is 1.20. The highest BCUT2D eigenvalue weighted by atomic mass is 19.4. The van der Waals surface area contributed by atoms with Gasteiger partial charge in [-0.1, -0.05) is 43.3 Å². The average Bonchev–Trinajstić information content (AvgIpc) is 1.64. The molecule has 2 heterocycles. The number of alkyl halides is 12. The van der Waals surface area contributed by atoms with E-state index in [-0.39, 0.29) is 96.2 Å². The van der Waals surface area contributed by atoms with Crippen LogP contribution in [0.4, 0.5) is 52.7 Å². The van der Waals surface area contributed by atoms with E-state index in [0.717, 1.165) is 59.2 Å². The number of hydrogen-bond acceptors (Lipinski definition) is 13. The molecule has 5 N–H and O–H groups in total. The summed E-state index contributed by atoms with van der Waals surface area (Å²) in [5.41, 5.74) is -19.7. The van der Waals surface area contributed by atoms with E-state index in [0.29, 0.717) is 49.0 Å². The molecule has 0 aliphatic heterocycles. The maximum atomic E-state index is 14.4. The number of hydrogen-bond donors (Lipinski definition) is 5. The van der Waals surface area contributed by atoms with E-state index < -0.39 is 127 Å². The van der Waals surface area contributed by atoms with Gasteiger partial charge in [-0.2, -0.15) is 62.3 Å². The summed E-state index contributed by atoms with van der Waals surface area (Å²) >= 11 is 0. The van der Waals surface area contributed by atoms with E-state index in [9.17, 15) is 112 Å². The summed E-state index contributed by atoms with van der Waals surface area (Å²) in [4.78, 5) is 106. The third kappa shape index (κ3) is 13.7. The molecule has 2 aromatic heterocycles. The van der Waals surface area contributed by atoms with Gasteiger partial charge in [0.2, 0.25) is 0 Å². The molecule has 0 saturated heterocycles. The van der Waals surface area contributed by atoms with Crippen LogP contribution < -0.4 is 22.2 Å². The fourth-order valence-corrected chi connectivity index (χ4v) is 11.2. The van der Waals surface area contributed by atoms with Crippen molar-refractivity contribution in [1.82, 2.24) is 9.13 Å². The first-order valence-electron chi connectivity index (χ1n) is 28.3. The zero-order valence-electron chi connectivity index (χ0n) is 52.5. The number of carbonyl (C=O) groups is 3. The second-order valence-corrected chi connectivity index (χ2v) is 23.7. The number of aromatic carboxylic acids is 1. The van der Waals surface area contributed by atoms with Crippen LogP contribution in [0, 0.1) is 41.5 Å². The van der Waals surface area contributed by atoms with Gasteiger partial charge in [0, 0.05) is 36.6 Å². The van der Waals surface area contributed by atoms with Crippen molar-refractivity contribution in [1.29, 1.82) is 0 Å². The number of ketones is 2. The minimum Gasteiger partial charge on any atom is -0.478 e. The molecule has 6 aromatic carbocycles. The van der Waals surface area contributed by atoms with Crippen LogP contribution in [-0.2, 0) is 51.9 Å². The van der Waals surface area contributed by atoms with Crippen molar-refractivity contribution in [3.05, 3.63) is 209 Å². The van der Waals surface area contributed by atoms with Gasteiger partial charge in [-0.3, -0.25) is 33.3 Å². The number of fused-ring (bicyclic) bond motifs is 2. The lowest BCUT2D eigenvalue weighted by Crippen LogP contribution is -2.41. The van der Waals surface area contributed by atoms with Gasteiger partial charge < -0.3 is 25.5 Å². The van der Waals surface area contributed by atoms with Crippen molar-refractivity contribution in [2.45, 2.75) is 143 Å². The third-order valence-electron chi connectivity index (χ3n) is 17.0. The Morgan fingerprint density at radius 1 is 0.442 bits per heavy atom. The minimum absolute atomic E-state index is 0.000153. The molecule has 8 rings (SSSR count). The quantitative estimate of drug-likeness (QED) is 0.0501. The summed E-state index contributed by atoms with van der Waals surface area (Å²) in [5.74, 6) is -2.74. The highest BCUT2D eigenvalue weighted by molar-refractivity contribution is 6.08. The number of aromatic nitrogens is 2. The van der Waals surface area contributed by atoms with Crippen LogP contribution in [0.3, 0.4) is 0 Å². The lowest BCUT2D eigenvalue weighted by Gasteiger charge is -2.31. The highest BCUT2D eigenvalue weighted by Gasteiger charge is 2.55. The molecule has 8 aromatic rings. The summed E-state index contributed by atoms with van der Waals surface area (Å²) < 4.78 is 169. The molecule has 95 heavy (non-hydrogen) atoms. The van der Waals surface area contributed by atoms with Crippen LogP contribution in [0.5, 0.6) is 0 Å². The van der Waals surface area contributed by atoms with E-state index in [2.05, 4.69) is 0 Å². The maximum Gasteiger partial charge on any atom is 0.421 e. The van der Waals surface area contributed by atoms with E-state index in [4.69, 9.17) is 9.59 Å². The van der Waals surface area contributed by atoms with E-state index >= 15 is 0 Å². The predicted molar refractivity (Wildman–Crippen MR) is 320 cm³/mol. The van der Waals surface area contributed by atoms with Crippen LogP contribution in [0.15, 0.2) is 98.0 Å². The summed E-state index contributed by atoms with van der Waals surface area (Å²) in [6.07, 6.45) is -21.3. The Morgan fingerprint density at radius 2 is 0.811 bits per heavy atom. The minimum atomic E-state index is -5.37. The lowest BCUT2D eigenvalue weighted by atomic mass is 9.82. The Labute approximate surface area is 530 Å². The highest BCUT2D eigenvalue weighted by Crippen LogP contribution is 2.47. The number of carboxylic acid groups (broad SMARTS) is 1. The van der Waals surface area contributed by atoms with Gasteiger partial charge in [0.1, 0.15) is 0 Å². The second-order valence-electron chi connectivity index (χ2n) is 23.7. The molecule has 0 fully saturated rings. The topological polar surface area (TPSA) is 265 Å². The number of halogens is 12. The predicted octanol–water partition coefficient (Wildman–Crippen LogP) is 11.4. The van der Waals surface area contributed by atoms with Crippen LogP contribution in [-0.4, -0.2) is 83.1 Å². The molecule has 0 aliphatic carbocycles. The Kier molecular flexibility index (Phi) is 20.4. The van der Waals surface area contributed by atoms with Gasteiger partial charge in [0.15, 0.2) is 34.0 Å². The molecular formula is C67H60F12N2O14. The molecule has 506 valence electrons. The van der Waals surface area contributed by atoms with Crippen molar-refractivity contribution in [3.63, 3.8) is 0 Å². The number of rotatable bonds is 14. The van der Waals surface area contributed by atoms with Crippen molar-refractivity contribution < 1.29 is 102 Å². The number of benzene rings is 6. The van der Waals surface area contributed by atoms with Gasteiger partial charge in [-0.15, -0.1) is 0 Å². The largest absolute Gasteiger partial charge is 0.478 e. The molecule has 0 radical (unpaired) electrons. The summed E-state index contributed by atoms with van der Waals surface area (Å²) in [5, 5.41) is 50.9. The van der Waals surface area contributed by atoms with Crippen LogP contribution in [0.2, 0.25) is 0 Å². The van der Waals surface area contributed by atoms with E-state index in [1.165, 1.54) is 72.9 Å². The normalized spacial score (nSPS) is 14.7. The number of nitrogens with zero attached hydrogens (tertiary/aromatic N) is 2. The SMILES string of the molecule is CCC(=O)c1ccc(C(=O)Cc2cc(C)c(Cc3cc(C(C)(O)C(F)(F)F)c(C)cc3C)cc2C(C)(O)C(F)(F)F)cc1C(=O)O.Cc1cc(C)c(C(C)(O)C(F)(F)F)cc1-c1cc(C(C)(O)C(F)(F)F)c(-n2c(=O)c3cc4c(=O)n(C)c(=O)c4cc3c2=O)cc1C.O=C=O. The Hall–Kier alpha value is -9.21. The fraction of sp³-hybridized carbons (Fsp3) is 0.343. The number of aliphatic hydroxyl groups is 4. The zero-order valence-corrected chi connectivity index (χ0v) is 52.5. The molecule has 0 aliphatic rings. The van der Waals surface area contributed by atoms with Crippen molar-refractivity contribution >= 4 is 45.2 Å². The van der Waals surface area contributed by atoms with E-state index in [1.54, 1.807) is 6.92 Å². The molecule has 0 spiro atoms. The lowest BCUT2D eigenvalue weighted by molar-refractivity contribution is -0.259. The molecule has 0 bridgehead atoms. The van der Waals surface area contributed by atoms with Crippen LogP contribution in [0.1, 0.15) is 144 Å². The molecule has 0 saturated carbocycles. The zero-order chi connectivity index (χ0) is 72.5. The van der Waals surface area contributed by atoms with Crippen molar-refractivity contribution in [3.8, 4) is 16.8 Å². The maximum absolute atomic E-state index is 14.4. The number of carboxylic acids is 1. The molecule has 4 atom stereocenters. The Morgan fingerprint density at radius 3 is 1.24 bits per heavy atom. The third-order valence-corrected chi connectivity index (χ3v) is 17.0.